The van der Waals surface area contributed by atoms with Crippen molar-refractivity contribution in [2.24, 2.45) is 13.0 Å². The van der Waals surface area contributed by atoms with Gasteiger partial charge in [-0.3, -0.25) is 9.48 Å². The van der Waals surface area contributed by atoms with Crippen molar-refractivity contribution in [1.82, 2.24) is 29.5 Å². The Morgan fingerprint density at radius 3 is 2.69 bits per heavy atom. The van der Waals surface area contributed by atoms with Gasteiger partial charge in [-0.15, -0.1) is 0 Å². The molecule has 1 amide bonds. The Labute approximate surface area is 146 Å². The lowest BCUT2D eigenvalue weighted by Gasteiger charge is -2.05. The quantitative estimate of drug-likeness (QED) is 0.718. The zero-order valence-corrected chi connectivity index (χ0v) is 13.6. The van der Waals surface area contributed by atoms with Crippen LogP contribution in [0, 0.1) is 5.92 Å². The van der Waals surface area contributed by atoms with Gasteiger partial charge in [0.1, 0.15) is 18.1 Å². The molecule has 0 spiro atoms. The van der Waals surface area contributed by atoms with E-state index in [2.05, 4.69) is 30.8 Å². The number of carbonyl (C=O) groups is 1. The van der Waals surface area contributed by atoms with Gasteiger partial charge in [0.25, 0.3) is 5.92 Å². The molecule has 0 bridgehead atoms. The summed E-state index contributed by atoms with van der Waals surface area (Å²) in [5.74, 6) is -3.90. The maximum Gasteiger partial charge on any atom is 0.260 e. The molecule has 1 aliphatic carbocycles. The third-order valence-electron chi connectivity index (χ3n) is 3.86. The maximum atomic E-state index is 12.9. The number of alkyl halides is 2. The van der Waals surface area contributed by atoms with Gasteiger partial charge in [0.2, 0.25) is 5.91 Å². The highest BCUT2D eigenvalue weighted by Gasteiger charge is 2.61. The number of aryl methyl sites for hydroxylation is 1. The van der Waals surface area contributed by atoms with E-state index in [0.717, 1.165) is 5.69 Å². The van der Waals surface area contributed by atoms with Crippen molar-refractivity contribution in [1.29, 1.82) is 0 Å². The monoisotopic (exact) mass is 360 g/mol. The van der Waals surface area contributed by atoms with E-state index in [1.54, 1.807) is 30.2 Å². The maximum absolute atomic E-state index is 12.9. The van der Waals surface area contributed by atoms with Crippen LogP contribution in [0.2, 0.25) is 0 Å². The van der Waals surface area contributed by atoms with Crippen molar-refractivity contribution in [3.8, 4) is 5.82 Å². The fraction of sp³-hybridized carbons (Fsp3) is 0.267. The number of nitrogens with zero attached hydrogens (tertiary/aromatic N) is 6. The molecule has 3 aromatic rings. The highest BCUT2D eigenvalue weighted by atomic mass is 19.3. The second kappa shape index (κ2) is 5.86. The highest BCUT2D eigenvalue weighted by Crippen LogP contribution is 2.49. The Bertz CT molecular complexity index is 966. The van der Waals surface area contributed by atoms with Crippen LogP contribution in [0.5, 0.6) is 0 Å². The molecule has 0 radical (unpaired) electrons. The van der Waals surface area contributed by atoms with E-state index >= 15 is 0 Å². The van der Waals surface area contributed by atoms with Gasteiger partial charge in [0.15, 0.2) is 5.82 Å². The zero-order chi connectivity index (χ0) is 18.3. The SMILES string of the molecule is Cn1cc(Nc2cc(-n3cc(NC(=O)C4CC4(F)F)cn3)ncn2)cn1. The standard InChI is InChI=1S/C15H14F2N8O/c1-24-6-9(4-20-24)22-12-2-13(19-8-18-12)25-7-10(5-21-25)23-14(26)11-3-15(11,16)17/h2,4-8,11H,3H2,1H3,(H,23,26)(H,18,19,22). The largest absolute Gasteiger partial charge is 0.338 e. The third kappa shape index (κ3) is 3.23. The van der Waals surface area contributed by atoms with Crippen molar-refractivity contribution in [2.75, 3.05) is 10.6 Å². The van der Waals surface area contributed by atoms with Crippen molar-refractivity contribution in [3.05, 3.63) is 37.2 Å². The Morgan fingerprint density at radius 1 is 1.23 bits per heavy atom. The second-order valence-corrected chi connectivity index (χ2v) is 5.97. The van der Waals surface area contributed by atoms with Gasteiger partial charge in [-0.1, -0.05) is 0 Å². The van der Waals surface area contributed by atoms with Crippen LogP contribution in [0.15, 0.2) is 37.2 Å². The van der Waals surface area contributed by atoms with Gasteiger partial charge in [-0.25, -0.2) is 23.4 Å². The average Bonchev–Trinajstić information content (AvgIpc) is 2.93. The second-order valence-electron chi connectivity index (χ2n) is 5.97. The van der Waals surface area contributed by atoms with E-state index in [1.165, 1.54) is 23.4 Å². The van der Waals surface area contributed by atoms with Crippen LogP contribution >= 0.6 is 0 Å². The molecule has 11 heteroatoms. The lowest BCUT2D eigenvalue weighted by Crippen LogP contribution is -2.17. The summed E-state index contributed by atoms with van der Waals surface area (Å²) < 4.78 is 28.9. The topological polar surface area (TPSA) is 103 Å². The van der Waals surface area contributed by atoms with E-state index in [-0.39, 0.29) is 0 Å². The number of hydrogen-bond acceptors (Lipinski definition) is 6. The Hall–Kier alpha value is -3.37. The van der Waals surface area contributed by atoms with E-state index in [4.69, 9.17) is 0 Å². The first-order valence-electron chi connectivity index (χ1n) is 7.72. The number of carbonyl (C=O) groups excluding carboxylic acids is 1. The predicted octanol–water partition coefficient (Wildman–Crippen LogP) is 1.73. The van der Waals surface area contributed by atoms with Crippen LogP contribution in [-0.4, -0.2) is 41.4 Å². The van der Waals surface area contributed by atoms with Crippen LogP contribution in [0.3, 0.4) is 0 Å². The number of nitrogens with one attached hydrogen (secondary N) is 2. The molecule has 1 aliphatic rings. The minimum absolute atomic E-state index is 0.318. The smallest absolute Gasteiger partial charge is 0.260 e. The molecular formula is C15H14F2N8O. The van der Waals surface area contributed by atoms with E-state index in [9.17, 15) is 13.6 Å². The van der Waals surface area contributed by atoms with Gasteiger partial charge in [0.05, 0.1) is 30.0 Å². The first-order valence-corrected chi connectivity index (χ1v) is 7.72. The molecule has 26 heavy (non-hydrogen) atoms. The molecule has 1 atom stereocenters. The fourth-order valence-corrected chi connectivity index (χ4v) is 2.41. The number of halogens is 2. The number of amides is 1. The predicted molar refractivity (Wildman–Crippen MR) is 87.3 cm³/mol. The first kappa shape index (κ1) is 16.1. The summed E-state index contributed by atoms with van der Waals surface area (Å²) in [6, 6.07) is 1.65. The van der Waals surface area contributed by atoms with E-state index < -0.39 is 24.2 Å². The molecular weight excluding hydrogens is 346 g/mol. The number of anilines is 3. The molecule has 4 rings (SSSR count). The normalized spacial score (nSPS) is 17.7. The summed E-state index contributed by atoms with van der Waals surface area (Å²) in [6.07, 6.45) is 7.25. The Kier molecular flexibility index (Phi) is 3.63. The Morgan fingerprint density at radius 2 is 2.00 bits per heavy atom. The van der Waals surface area contributed by atoms with E-state index in [0.29, 0.717) is 17.3 Å². The van der Waals surface area contributed by atoms with Crippen molar-refractivity contribution in [3.63, 3.8) is 0 Å². The first-order chi connectivity index (χ1) is 12.4. The summed E-state index contributed by atoms with van der Waals surface area (Å²) in [5.41, 5.74) is 1.08. The molecule has 1 saturated carbocycles. The number of rotatable bonds is 5. The van der Waals surface area contributed by atoms with Crippen molar-refractivity contribution >= 4 is 23.1 Å². The number of hydrogen-bond donors (Lipinski definition) is 2. The van der Waals surface area contributed by atoms with Gasteiger partial charge >= 0.3 is 0 Å². The van der Waals surface area contributed by atoms with Crippen molar-refractivity contribution in [2.45, 2.75) is 12.3 Å². The van der Waals surface area contributed by atoms with Crippen LogP contribution in [0.4, 0.5) is 26.0 Å². The summed E-state index contributed by atoms with van der Waals surface area (Å²) in [4.78, 5) is 20.0. The third-order valence-corrected chi connectivity index (χ3v) is 3.86. The molecule has 1 unspecified atom stereocenters. The van der Waals surface area contributed by atoms with E-state index in [1.807, 2.05) is 0 Å². The van der Waals surface area contributed by atoms with Gasteiger partial charge in [-0.05, 0) is 0 Å². The molecule has 0 aliphatic heterocycles. The lowest BCUT2D eigenvalue weighted by atomic mass is 10.3. The number of aromatic nitrogens is 6. The molecule has 134 valence electrons. The fourth-order valence-electron chi connectivity index (χ4n) is 2.41. The van der Waals surface area contributed by atoms with Crippen LogP contribution in [-0.2, 0) is 11.8 Å². The zero-order valence-electron chi connectivity index (χ0n) is 13.6. The molecule has 1 fully saturated rings. The summed E-state index contributed by atoms with van der Waals surface area (Å²) in [6.45, 7) is 0. The molecule has 2 N–H and O–H groups in total. The van der Waals surface area contributed by atoms with Gasteiger partial charge < -0.3 is 10.6 Å². The minimum atomic E-state index is -2.90. The molecule has 0 aromatic carbocycles. The van der Waals surface area contributed by atoms with Gasteiger partial charge in [0, 0.05) is 25.7 Å². The summed E-state index contributed by atoms with van der Waals surface area (Å²) in [7, 11) is 1.80. The average molecular weight is 360 g/mol. The Balaban J connectivity index is 1.47. The summed E-state index contributed by atoms with van der Waals surface area (Å²) in [5, 5.41) is 13.7. The highest BCUT2D eigenvalue weighted by molar-refractivity contribution is 5.95. The van der Waals surface area contributed by atoms with Crippen LogP contribution < -0.4 is 10.6 Å². The molecule has 0 saturated heterocycles. The molecule has 9 nitrogen and oxygen atoms in total. The summed E-state index contributed by atoms with van der Waals surface area (Å²) >= 11 is 0. The molecule has 3 aromatic heterocycles. The van der Waals surface area contributed by atoms with Crippen LogP contribution in [0.25, 0.3) is 5.82 Å². The van der Waals surface area contributed by atoms with Crippen LogP contribution in [0.1, 0.15) is 6.42 Å². The lowest BCUT2D eigenvalue weighted by molar-refractivity contribution is -0.119. The van der Waals surface area contributed by atoms with Crippen molar-refractivity contribution < 1.29 is 13.6 Å². The minimum Gasteiger partial charge on any atom is -0.338 e. The molecule has 3 heterocycles. The van der Waals surface area contributed by atoms with Gasteiger partial charge in [-0.2, -0.15) is 10.2 Å².